The smallest absolute Gasteiger partial charge is 0.147 e. The molecule has 0 bridgehead atoms. The van der Waals surface area contributed by atoms with Crippen LogP contribution in [0.3, 0.4) is 0 Å². The highest BCUT2D eigenvalue weighted by Crippen LogP contribution is 2.37. The van der Waals surface area contributed by atoms with Crippen LogP contribution in [0.2, 0.25) is 0 Å². The van der Waals surface area contributed by atoms with Crippen molar-refractivity contribution >= 4 is 11.4 Å². The monoisotopic (exact) mass is 323 g/mol. The molecule has 1 aromatic heterocycles. The quantitative estimate of drug-likeness (QED) is 0.782. The van der Waals surface area contributed by atoms with Gasteiger partial charge in [-0.3, -0.25) is 9.98 Å². The summed E-state index contributed by atoms with van der Waals surface area (Å²) in [5, 5.41) is 0. The first-order valence-corrected chi connectivity index (χ1v) is 8.06. The molecule has 0 unspecified atom stereocenters. The van der Waals surface area contributed by atoms with Crippen molar-refractivity contribution in [3.8, 4) is 0 Å². The fourth-order valence-electron chi connectivity index (χ4n) is 3.09. The van der Waals surface area contributed by atoms with Crippen LogP contribution in [0.5, 0.6) is 0 Å². The fourth-order valence-corrected chi connectivity index (χ4v) is 3.09. The Balaban J connectivity index is 2.26. The van der Waals surface area contributed by atoms with Crippen LogP contribution in [0.1, 0.15) is 36.2 Å². The SMILES string of the molecule is C=CCN1c2c(F)cccc2C(c2cnc(C)c(C)c2)=NC1(C)C. The molecule has 0 amide bonds. The Labute approximate surface area is 142 Å². The third-order valence-corrected chi connectivity index (χ3v) is 4.48. The van der Waals surface area contributed by atoms with E-state index in [9.17, 15) is 4.39 Å². The van der Waals surface area contributed by atoms with E-state index < -0.39 is 5.66 Å². The van der Waals surface area contributed by atoms with Crippen LogP contribution in [0.4, 0.5) is 10.1 Å². The van der Waals surface area contributed by atoms with E-state index in [0.29, 0.717) is 12.2 Å². The van der Waals surface area contributed by atoms with Gasteiger partial charge in [0.15, 0.2) is 0 Å². The topological polar surface area (TPSA) is 28.5 Å². The van der Waals surface area contributed by atoms with Crippen molar-refractivity contribution in [2.24, 2.45) is 4.99 Å². The number of benzene rings is 1. The summed E-state index contributed by atoms with van der Waals surface area (Å²) in [7, 11) is 0. The first-order chi connectivity index (χ1) is 11.3. The number of fused-ring (bicyclic) bond motifs is 1. The zero-order valence-electron chi connectivity index (χ0n) is 14.6. The van der Waals surface area contributed by atoms with Crippen LogP contribution in [0.15, 0.2) is 48.1 Å². The predicted molar refractivity (Wildman–Crippen MR) is 97.4 cm³/mol. The van der Waals surface area contributed by atoms with Crippen molar-refractivity contribution in [1.29, 1.82) is 0 Å². The lowest BCUT2D eigenvalue weighted by molar-refractivity contribution is 0.480. The van der Waals surface area contributed by atoms with Gasteiger partial charge in [0.1, 0.15) is 11.5 Å². The Morgan fingerprint density at radius 3 is 2.71 bits per heavy atom. The van der Waals surface area contributed by atoms with E-state index in [2.05, 4.69) is 17.6 Å². The Morgan fingerprint density at radius 1 is 1.29 bits per heavy atom. The number of para-hydroxylation sites is 1. The zero-order chi connectivity index (χ0) is 17.5. The van der Waals surface area contributed by atoms with Crippen LogP contribution in [-0.2, 0) is 0 Å². The second-order valence-electron chi connectivity index (χ2n) is 6.62. The van der Waals surface area contributed by atoms with Gasteiger partial charge in [-0.15, -0.1) is 6.58 Å². The zero-order valence-corrected chi connectivity index (χ0v) is 14.6. The van der Waals surface area contributed by atoms with E-state index in [1.54, 1.807) is 12.1 Å². The second kappa shape index (κ2) is 5.86. The van der Waals surface area contributed by atoms with Gasteiger partial charge in [-0.2, -0.15) is 0 Å². The number of halogens is 1. The number of aryl methyl sites for hydroxylation is 2. The Bertz CT molecular complexity index is 837. The predicted octanol–water partition coefficient (Wildman–Crippen LogP) is 4.42. The molecule has 0 saturated heterocycles. The molecular weight excluding hydrogens is 301 g/mol. The summed E-state index contributed by atoms with van der Waals surface area (Å²) in [6, 6.07) is 7.20. The van der Waals surface area contributed by atoms with Crippen molar-refractivity contribution in [3.63, 3.8) is 0 Å². The molecule has 3 nitrogen and oxygen atoms in total. The summed E-state index contributed by atoms with van der Waals surface area (Å²) in [4.78, 5) is 11.3. The molecule has 4 heteroatoms. The van der Waals surface area contributed by atoms with Crippen molar-refractivity contribution in [3.05, 3.63) is 71.3 Å². The molecule has 2 aromatic rings. The van der Waals surface area contributed by atoms with Gasteiger partial charge in [-0.1, -0.05) is 18.2 Å². The average molecular weight is 323 g/mol. The van der Waals surface area contributed by atoms with Gasteiger partial charge < -0.3 is 4.90 Å². The summed E-state index contributed by atoms with van der Waals surface area (Å²) in [6.07, 6.45) is 3.59. The molecule has 1 aliphatic rings. The maximum Gasteiger partial charge on any atom is 0.147 e. The highest BCUT2D eigenvalue weighted by Gasteiger charge is 2.35. The third-order valence-electron chi connectivity index (χ3n) is 4.48. The standard InChI is InChI=1S/C20H22FN3/c1-6-10-24-19-16(8-7-9-17(19)21)18(23-20(24,4)5)15-11-13(2)14(3)22-12-15/h6-9,11-12H,1,10H2,2-5H3. The van der Waals surface area contributed by atoms with Crippen molar-refractivity contribution in [2.45, 2.75) is 33.4 Å². The molecule has 0 spiro atoms. The van der Waals surface area contributed by atoms with Gasteiger partial charge >= 0.3 is 0 Å². The molecule has 0 saturated carbocycles. The number of hydrogen-bond acceptors (Lipinski definition) is 3. The first kappa shape index (κ1) is 16.4. The lowest BCUT2D eigenvalue weighted by Gasteiger charge is -2.42. The Morgan fingerprint density at radius 2 is 2.04 bits per heavy atom. The van der Waals surface area contributed by atoms with E-state index in [1.165, 1.54) is 6.07 Å². The van der Waals surface area contributed by atoms with Crippen LogP contribution >= 0.6 is 0 Å². The molecular formula is C20H22FN3. The van der Waals surface area contributed by atoms with Crippen molar-refractivity contribution in [1.82, 2.24) is 4.98 Å². The largest absolute Gasteiger partial charge is 0.341 e. The minimum Gasteiger partial charge on any atom is -0.341 e. The number of pyridine rings is 1. The van der Waals surface area contributed by atoms with Gasteiger partial charge in [0.05, 0.1) is 11.4 Å². The normalized spacial score (nSPS) is 15.7. The van der Waals surface area contributed by atoms with Crippen LogP contribution in [0, 0.1) is 19.7 Å². The number of rotatable bonds is 3. The third kappa shape index (κ3) is 2.62. The van der Waals surface area contributed by atoms with Crippen LogP contribution < -0.4 is 4.90 Å². The van der Waals surface area contributed by atoms with Gasteiger partial charge in [0, 0.05) is 29.6 Å². The van der Waals surface area contributed by atoms with E-state index in [4.69, 9.17) is 4.99 Å². The van der Waals surface area contributed by atoms with Gasteiger partial charge in [-0.05, 0) is 45.4 Å². The summed E-state index contributed by atoms with van der Waals surface area (Å²) in [5.41, 5.74) is 4.58. The van der Waals surface area contributed by atoms with E-state index >= 15 is 0 Å². The summed E-state index contributed by atoms with van der Waals surface area (Å²) >= 11 is 0. The van der Waals surface area contributed by atoms with E-state index in [0.717, 1.165) is 28.1 Å². The molecule has 1 aliphatic heterocycles. The minimum absolute atomic E-state index is 0.244. The number of aromatic nitrogens is 1. The first-order valence-electron chi connectivity index (χ1n) is 8.06. The molecule has 1 aromatic carbocycles. The molecule has 0 fully saturated rings. The molecule has 0 N–H and O–H groups in total. The molecule has 0 radical (unpaired) electrons. The summed E-state index contributed by atoms with van der Waals surface area (Å²) in [5.74, 6) is -0.244. The maximum atomic E-state index is 14.7. The molecule has 0 atom stereocenters. The highest BCUT2D eigenvalue weighted by molar-refractivity contribution is 6.17. The number of aliphatic imine (C=N–C) groups is 1. The molecule has 2 heterocycles. The second-order valence-corrected chi connectivity index (χ2v) is 6.62. The van der Waals surface area contributed by atoms with Crippen LogP contribution in [-0.4, -0.2) is 22.9 Å². The molecule has 3 rings (SSSR count). The molecule has 24 heavy (non-hydrogen) atoms. The lowest BCUT2D eigenvalue weighted by Crippen LogP contribution is -2.47. The number of hydrogen-bond donors (Lipinski definition) is 0. The van der Waals surface area contributed by atoms with Crippen molar-refractivity contribution < 1.29 is 4.39 Å². The molecule has 0 aliphatic carbocycles. The van der Waals surface area contributed by atoms with Gasteiger partial charge in [0.25, 0.3) is 0 Å². The van der Waals surface area contributed by atoms with Crippen molar-refractivity contribution in [2.75, 3.05) is 11.4 Å². The summed E-state index contributed by atoms with van der Waals surface area (Å²) in [6.45, 7) is 12.3. The fraction of sp³-hybridized carbons (Fsp3) is 0.300. The van der Waals surface area contributed by atoms with Gasteiger partial charge in [0.2, 0.25) is 0 Å². The average Bonchev–Trinajstić information content (AvgIpc) is 2.53. The lowest BCUT2D eigenvalue weighted by atomic mass is 9.94. The molecule has 124 valence electrons. The minimum atomic E-state index is -0.572. The number of anilines is 1. The maximum absolute atomic E-state index is 14.7. The Kier molecular flexibility index (Phi) is 3.99. The van der Waals surface area contributed by atoms with Crippen LogP contribution in [0.25, 0.3) is 0 Å². The van der Waals surface area contributed by atoms with E-state index in [1.807, 2.05) is 44.9 Å². The highest BCUT2D eigenvalue weighted by atomic mass is 19.1. The van der Waals surface area contributed by atoms with Gasteiger partial charge in [-0.25, -0.2) is 4.39 Å². The Hall–Kier alpha value is -2.49. The summed E-state index contributed by atoms with van der Waals surface area (Å²) < 4.78 is 14.7. The number of nitrogens with zero attached hydrogens (tertiary/aromatic N) is 3. The van der Waals surface area contributed by atoms with E-state index in [-0.39, 0.29) is 5.82 Å².